The van der Waals surface area contributed by atoms with Crippen molar-refractivity contribution in [3.8, 4) is 0 Å². The van der Waals surface area contributed by atoms with E-state index < -0.39 is 0 Å². The lowest BCUT2D eigenvalue weighted by Crippen LogP contribution is -2.00. The van der Waals surface area contributed by atoms with Crippen molar-refractivity contribution in [3.63, 3.8) is 0 Å². The Kier molecular flexibility index (Phi) is 4.06. The van der Waals surface area contributed by atoms with Crippen LogP contribution in [0, 0.1) is 6.92 Å². The average Bonchev–Trinajstić information content (AvgIpc) is 2.43. The number of hydrogen-bond donors (Lipinski definition) is 1. The summed E-state index contributed by atoms with van der Waals surface area (Å²) in [4.78, 5) is 0. The summed E-state index contributed by atoms with van der Waals surface area (Å²) < 4.78 is 11.7. The molecule has 1 N–H and O–H groups in total. The lowest BCUT2D eigenvalue weighted by Gasteiger charge is -2.01. The van der Waals surface area contributed by atoms with Gasteiger partial charge in [-0.2, -0.15) is 5.10 Å². The normalized spacial score (nSPS) is 10.9. The number of rotatable bonds is 5. The third-order valence-electron chi connectivity index (χ3n) is 2.14. The quantitative estimate of drug-likeness (QED) is 0.550. The van der Waals surface area contributed by atoms with Crippen LogP contribution in [0.4, 0.5) is 0 Å². The van der Waals surface area contributed by atoms with Gasteiger partial charge in [0.25, 0.3) is 0 Å². The number of hydrogen-bond acceptors (Lipinski definition) is 4. The first-order valence-electron chi connectivity index (χ1n) is 4.39. The van der Waals surface area contributed by atoms with Gasteiger partial charge in [0.1, 0.15) is 6.79 Å². The van der Waals surface area contributed by atoms with Crippen LogP contribution in [0.15, 0.2) is 0 Å². The molecule has 1 aromatic heterocycles. The fourth-order valence-electron chi connectivity index (χ4n) is 1.26. The number of aliphatic hydroxyl groups excluding tert-OH is 1. The Balaban J connectivity index is 2.70. The molecule has 0 spiro atoms. The highest BCUT2D eigenvalue weighted by molar-refractivity contribution is 5.23. The molecule has 1 heterocycles. The number of methoxy groups -OCH3 is 1. The largest absolute Gasteiger partial charge is 0.392 e. The first-order valence-corrected chi connectivity index (χ1v) is 4.39. The van der Waals surface area contributed by atoms with Gasteiger partial charge < -0.3 is 14.6 Å². The Hall–Kier alpha value is -0.910. The Morgan fingerprint density at radius 1 is 1.50 bits per heavy atom. The summed E-state index contributed by atoms with van der Waals surface area (Å²) in [6.45, 7) is 2.51. The second-order valence-corrected chi connectivity index (χ2v) is 3.05. The lowest BCUT2D eigenvalue weighted by molar-refractivity contribution is -0.0405. The van der Waals surface area contributed by atoms with Crippen molar-refractivity contribution in [1.29, 1.82) is 0 Å². The molecule has 5 heteroatoms. The van der Waals surface area contributed by atoms with Gasteiger partial charge in [-0.25, -0.2) is 0 Å². The predicted molar refractivity (Wildman–Crippen MR) is 50.5 cm³/mol. The molecule has 1 rings (SSSR count). The summed E-state index contributed by atoms with van der Waals surface area (Å²) in [6.07, 6.45) is 0. The van der Waals surface area contributed by atoms with E-state index in [2.05, 4.69) is 5.10 Å². The molecule has 80 valence electrons. The van der Waals surface area contributed by atoms with Gasteiger partial charge in [0.15, 0.2) is 0 Å². The zero-order valence-electron chi connectivity index (χ0n) is 8.78. The van der Waals surface area contributed by atoms with E-state index >= 15 is 0 Å². The van der Waals surface area contributed by atoms with Crippen molar-refractivity contribution in [2.24, 2.45) is 7.05 Å². The lowest BCUT2D eigenvalue weighted by atomic mass is 10.2. The van der Waals surface area contributed by atoms with Crippen LogP contribution >= 0.6 is 0 Å². The summed E-state index contributed by atoms with van der Waals surface area (Å²) in [7, 11) is 3.41. The minimum Gasteiger partial charge on any atom is -0.392 e. The molecule has 0 amide bonds. The third-order valence-corrected chi connectivity index (χ3v) is 2.14. The fourth-order valence-corrected chi connectivity index (χ4v) is 1.26. The molecule has 0 aliphatic carbocycles. The van der Waals surface area contributed by atoms with E-state index in [9.17, 15) is 0 Å². The van der Waals surface area contributed by atoms with Crippen molar-refractivity contribution < 1.29 is 14.6 Å². The van der Waals surface area contributed by atoms with Crippen LogP contribution < -0.4 is 0 Å². The van der Waals surface area contributed by atoms with E-state index in [1.54, 1.807) is 11.8 Å². The second-order valence-electron chi connectivity index (χ2n) is 3.05. The summed E-state index contributed by atoms with van der Waals surface area (Å²) in [5.74, 6) is 0. The number of aliphatic hydroxyl groups is 1. The molecule has 0 radical (unpaired) electrons. The molecule has 0 bridgehead atoms. The van der Waals surface area contributed by atoms with Gasteiger partial charge in [0.05, 0.1) is 18.9 Å². The Morgan fingerprint density at radius 3 is 2.79 bits per heavy atom. The Labute approximate surface area is 83.2 Å². The van der Waals surface area contributed by atoms with Gasteiger partial charge in [-0.05, 0) is 6.92 Å². The molecular formula is C9H16N2O3. The van der Waals surface area contributed by atoms with Crippen molar-refractivity contribution in [1.82, 2.24) is 9.78 Å². The molecule has 0 aromatic carbocycles. The van der Waals surface area contributed by atoms with Gasteiger partial charge in [-0.15, -0.1) is 0 Å². The van der Waals surface area contributed by atoms with Gasteiger partial charge in [0, 0.05) is 25.4 Å². The molecule has 5 nitrogen and oxygen atoms in total. The first kappa shape index (κ1) is 11.2. The van der Waals surface area contributed by atoms with E-state index in [4.69, 9.17) is 14.6 Å². The fraction of sp³-hybridized carbons (Fsp3) is 0.667. The molecule has 0 fully saturated rings. The highest BCUT2D eigenvalue weighted by Crippen LogP contribution is 2.13. The maximum atomic E-state index is 9.13. The van der Waals surface area contributed by atoms with Crippen LogP contribution in [0.2, 0.25) is 0 Å². The average molecular weight is 200 g/mol. The van der Waals surface area contributed by atoms with Crippen LogP contribution in [0.1, 0.15) is 17.0 Å². The van der Waals surface area contributed by atoms with Crippen LogP contribution in [-0.4, -0.2) is 28.8 Å². The minimum atomic E-state index is -0.00858. The van der Waals surface area contributed by atoms with Crippen molar-refractivity contribution in [2.75, 3.05) is 13.9 Å². The Morgan fingerprint density at radius 2 is 2.21 bits per heavy atom. The zero-order valence-corrected chi connectivity index (χ0v) is 8.78. The number of aromatic nitrogens is 2. The second kappa shape index (κ2) is 5.09. The first-order chi connectivity index (χ1) is 6.70. The van der Waals surface area contributed by atoms with E-state index in [-0.39, 0.29) is 13.4 Å². The molecule has 0 saturated carbocycles. The highest BCUT2D eigenvalue weighted by atomic mass is 16.7. The van der Waals surface area contributed by atoms with Crippen LogP contribution in [0.5, 0.6) is 0 Å². The monoisotopic (exact) mass is 200 g/mol. The van der Waals surface area contributed by atoms with Crippen LogP contribution in [0.3, 0.4) is 0 Å². The Bertz CT molecular complexity index is 296. The summed E-state index contributed by atoms with van der Waals surface area (Å²) >= 11 is 0. The van der Waals surface area contributed by atoms with Crippen molar-refractivity contribution in [3.05, 3.63) is 17.0 Å². The van der Waals surface area contributed by atoms with Gasteiger partial charge in [0.2, 0.25) is 0 Å². The molecule has 0 unspecified atom stereocenters. The summed E-state index contributed by atoms with van der Waals surface area (Å²) in [5, 5.41) is 13.4. The van der Waals surface area contributed by atoms with Crippen LogP contribution in [0.25, 0.3) is 0 Å². The number of nitrogens with zero attached hydrogens (tertiary/aromatic N) is 2. The maximum absolute atomic E-state index is 9.13. The minimum absolute atomic E-state index is 0.00858. The smallest absolute Gasteiger partial charge is 0.146 e. The molecule has 0 aliphatic rings. The van der Waals surface area contributed by atoms with Gasteiger partial charge in [-0.1, -0.05) is 0 Å². The zero-order chi connectivity index (χ0) is 10.6. The standard InChI is InChI=1S/C9H16N2O3/c1-7-8(4-12)9(10-11(7)2)5-14-6-13-3/h12H,4-6H2,1-3H3. The van der Waals surface area contributed by atoms with Crippen molar-refractivity contribution >= 4 is 0 Å². The van der Waals surface area contributed by atoms with Crippen LogP contribution in [-0.2, 0) is 29.7 Å². The molecule has 0 saturated heterocycles. The molecule has 14 heavy (non-hydrogen) atoms. The summed E-state index contributed by atoms with van der Waals surface area (Å²) in [6, 6.07) is 0. The molecular weight excluding hydrogens is 184 g/mol. The number of aryl methyl sites for hydroxylation is 1. The predicted octanol–water partition coefficient (Wildman–Crippen LogP) is 0.341. The topological polar surface area (TPSA) is 56.5 Å². The molecule has 1 aromatic rings. The van der Waals surface area contributed by atoms with E-state index in [0.29, 0.717) is 6.61 Å². The molecule has 0 aliphatic heterocycles. The SMILES string of the molecule is COCOCc1nn(C)c(C)c1CO. The molecule has 0 atom stereocenters. The van der Waals surface area contributed by atoms with E-state index in [0.717, 1.165) is 17.0 Å². The summed E-state index contributed by atoms with van der Waals surface area (Å²) in [5.41, 5.74) is 2.57. The van der Waals surface area contributed by atoms with Crippen molar-refractivity contribution in [2.45, 2.75) is 20.1 Å². The van der Waals surface area contributed by atoms with Gasteiger partial charge in [-0.3, -0.25) is 4.68 Å². The van der Waals surface area contributed by atoms with E-state index in [1.807, 2.05) is 14.0 Å². The maximum Gasteiger partial charge on any atom is 0.146 e. The van der Waals surface area contributed by atoms with Gasteiger partial charge >= 0.3 is 0 Å². The third kappa shape index (κ3) is 2.31. The number of ether oxygens (including phenoxy) is 2. The van der Waals surface area contributed by atoms with E-state index in [1.165, 1.54) is 0 Å². The highest BCUT2D eigenvalue weighted by Gasteiger charge is 2.11.